The minimum atomic E-state index is -0.302. The molecule has 2 heterocycles. The summed E-state index contributed by atoms with van der Waals surface area (Å²) in [4.78, 5) is 13.3. The van der Waals surface area contributed by atoms with Crippen LogP contribution in [0.4, 0.5) is 11.4 Å². The average molecular weight is 289 g/mol. The molecule has 2 unspecified atom stereocenters. The highest BCUT2D eigenvalue weighted by atomic mass is 16.6. The van der Waals surface area contributed by atoms with E-state index in [1.165, 1.54) is 19.3 Å². The van der Waals surface area contributed by atoms with Gasteiger partial charge < -0.3 is 10.2 Å². The van der Waals surface area contributed by atoms with Gasteiger partial charge >= 0.3 is 0 Å². The molecule has 21 heavy (non-hydrogen) atoms. The molecule has 0 radical (unpaired) electrons. The molecular weight excluding hydrogens is 266 g/mol. The second-order valence-corrected chi connectivity index (χ2v) is 6.42. The number of nitro groups is 1. The van der Waals surface area contributed by atoms with Crippen molar-refractivity contribution in [1.29, 1.82) is 0 Å². The van der Waals surface area contributed by atoms with E-state index in [-0.39, 0.29) is 10.6 Å². The van der Waals surface area contributed by atoms with Crippen molar-refractivity contribution in [2.75, 3.05) is 12.4 Å². The summed E-state index contributed by atoms with van der Waals surface area (Å²) in [6, 6.07) is 7.05. The highest BCUT2D eigenvalue weighted by Gasteiger charge is 2.36. The highest BCUT2D eigenvalue weighted by Crippen LogP contribution is 2.35. The van der Waals surface area contributed by atoms with Crippen molar-refractivity contribution in [2.24, 2.45) is 0 Å². The van der Waals surface area contributed by atoms with Gasteiger partial charge in [0.1, 0.15) is 0 Å². The summed E-state index contributed by atoms with van der Waals surface area (Å²) in [6.07, 6.45) is 6.16. The topological polar surface area (TPSA) is 58.4 Å². The Bertz CT molecular complexity index is 532. The summed E-state index contributed by atoms with van der Waals surface area (Å²) in [7, 11) is 2.24. The first-order valence-corrected chi connectivity index (χ1v) is 7.78. The van der Waals surface area contributed by atoms with Crippen molar-refractivity contribution in [3.05, 3.63) is 33.9 Å². The predicted octanol–water partition coefficient (Wildman–Crippen LogP) is 3.33. The zero-order chi connectivity index (χ0) is 15.0. The van der Waals surface area contributed by atoms with Crippen LogP contribution in [-0.4, -0.2) is 35.0 Å². The fourth-order valence-corrected chi connectivity index (χ4v) is 3.93. The molecule has 0 saturated carbocycles. The third kappa shape index (κ3) is 2.75. The number of nitrogens with zero attached hydrogens (tertiary/aromatic N) is 2. The van der Waals surface area contributed by atoms with E-state index in [4.69, 9.17) is 0 Å². The van der Waals surface area contributed by atoms with Gasteiger partial charge in [0.05, 0.1) is 4.92 Å². The lowest BCUT2D eigenvalue weighted by Crippen LogP contribution is -2.52. The summed E-state index contributed by atoms with van der Waals surface area (Å²) in [5, 5.41) is 14.6. The number of benzene rings is 1. The van der Waals surface area contributed by atoms with E-state index in [0.29, 0.717) is 18.1 Å². The largest absolute Gasteiger partial charge is 0.382 e. The van der Waals surface area contributed by atoms with Gasteiger partial charge in [-0.25, -0.2) is 0 Å². The molecule has 2 aliphatic heterocycles. The number of fused-ring (bicyclic) bond motifs is 2. The maximum Gasteiger partial charge on any atom is 0.274 e. The molecule has 0 spiro atoms. The molecule has 0 aromatic heterocycles. The molecule has 3 rings (SSSR count). The Morgan fingerprint density at radius 3 is 2.57 bits per heavy atom. The molecule has 2 saturated heterocycles. The van der Waals surface area contributed by atoms with Crippen LogP contribution < -0.4 is 5.32 Å². The van der Waals surface area contributed by atoms with E-state index in [1.54, 1.807) is 12.1 Å². The van der Waals surface area contributed by atoms with Gasteiger partial charge in [0.25, 0.3) is 5.69 Å². The molecule has 2 atom stereocenters. The van der Waals surface area contributed by atoms with E-state index in [1.807, 2.05) is 13.0 Å². The smallest absolute Gasteiger partial charge is 0.274 e. The van der Waals surface area contributed by atoms with Crippen LogP contribution in [0.5, 0.6) is 0 Å². The number of anilines is 1. The van der Waals surface area contributed by atoms with Gasteiger partial charge in [-0.3, -0.25) is 10.1 Å². The van der Waals surface area contributed by atoms with Crippen molar-refractivity contribution in [3.8, 4) is 0 Å². The van der Waals surface area contributed by atoms with E-state index in [0.717, 1.165) is 24.1 Å². The van der Waals surface area contributed by atoms with Crippen LogP contribution in [0.2, 0.25) is 0 Å². The predicted molar refractivity (Wildman–Crippen MR) is 83.7 cm³/mol. The Kier molecular flexibility index (Phi) is 3.85. The van der Waals surface area contributed by atoms with E-state index >= 15 is 0 Å². The van der Waals surface area contributed by atoms with Crippen LogP contribution in [0.15, 0.2) is 18.2 Å². The SMILES string of the molecule is Cc1c(NC2CC3CCCC(C2)N3C)cccc1[N+](=O)[O-]. The third-order valence-corrected chi connectivity index (χ3v) is 5.20. The number of hydrogen-bond donors (Lipinski definition) is 1. The van der Waals surface area contributed by atoms with Crippen molar-refractivity contribution in [3.63, 3.8) is 0 Å². The zero-order valence-corrected chi connectivity index (χ0v) is 12.7. The number of rotatable bonds is 3. The Hall–Kier alpha value is -1.62. The van der Waals surface area contributed by atoms with Crippen molar-refractivity contribution < 1.29 is 4.92 Å². The van der Waals surface area contributed by atoms with Gasteiger partial charge in [0.15, 0.2) is 0 Å². The van der Waals surface area contributed by atoms with Crippen LogP contribution in [0, 0.1) is 17.0 Å². The standard InChI is InChI=1S/C16H23N3O2/c1-11-15(7-4-8-16(11)19(20)21)17-12-9-13-5-3-6-14(10-12)18(13)2/h4,7-8,12-14,17H,3,5-6,9-10H2,1-2H3. The number of hydrogen-bond acceptors (Lipinski definition) is 4. The monoisotopic (exact) mass is 289 g/mol. The normalized spacial score (nSPS) is 29.1. The zero-order valence-electron chi connectivity index (χ0n) is 12.7. The molecule has 0 aliphatic carbocycles. The lowest BCUT2D eigenvalue weighted by molar-refractivity contribution is -0.385. The van der Waals surface area contributed by atoms with Crippen LogP contribution in [-0.2, 0) is 0 Å². The van der Waals surface area contributed by atoms with Crippen molar-refractivity contribution in [2.45, 2.75) is 57.2 Å². The Morgan fingerprint density at radius 2 is 1.95 bits per heavy atom. The summed E-state index contributed by atoms with van der Waals surface area (Å²) < 4.78 is 0. The lowest BCUT2D eigenvalue weighted by Gasteiger charge is -2.47. The molecule has 1 aromatic carbocycles. The highest BCUT2D eigenvalue weighted by molar-refractivity contribution is 5.60. The Balaban J connectivity index is 1.76. The van der Waals surface area contributed by atoms with Crippen molar-refractivity contribution >= 4 is 11.4 Å². The quantitative estimate of drug-likeness (QED) is 0.685. The van der Waals surface area contributed by atoms with Crippen LogP contribution in [0.3, 0.4) is 0 Å². The van der Waals surface area contributed by atoms with Crippen LogP contribution >= 0.6 is 0 Å². The minimum Gasteiger partial charge on any atom is -0.382 e. The number of nitrogens with one attached hydrogen (secondary N) is 1. The second-order valence-electron chi connectivity index (χ2n) is 6.42. The fourth-order valence-electron chi connectivity index (χ4n) is 3.93. The maximum absolute atomic E-state index is 11.0. The lowest BCUT2D eigenvalue weighted by atomic mass is 9.82. The van der Waals surface area contributed by atoms with Gasteiger partial charge in [-0.1, -0.05) is 12.5 Å². The van der Waals surface area contributed by atoms with Crippen molar-refractivity contribution in [1.82, 2.24) is 4.90 Å². The molecule has 2 aliphatic rings. The third-order valence-electron chi connectivity index (χ3n) is 5.20. The van der Waals surface area contributed by atoms with Gasteiger partial charge in [-0.05, 0) is 45.7 Å². The Labute approximate surface area is 125 Å². The molecule has 2 bridgehead atoms. The molecule has 5 heteroatoms. The number of nitro benzene ring substituents is 1. The average Bonchev–Trinajstić information content (AvgIpc) is 2.42. The summed E-state index contributed by atoms with van der Waals surface area (Å²) in [5.41, 5.74) is 1.86. The maximum atomic E-state index is 11.0. The summed E-state index contributed by atoms with van der Waals surface area (Å²) >= 11 is 0. The van der Waals surface area contributed by atoms with Crippen LogP contribution in [0.1, 0.15) is 37.7 Å². The van der Waals surface area contributed by atoms with Gasteiger partial charge in [-0.15, -0.1) is 0 Å². The van der Waals surface area contributed by atoms with E-state index in [9.17, 15) is 10.1 Å². The Morgan fingerprint density at radius 1 is 1.29 bits per heavy atom. The first-order chi connectivity index (χ1) is 10.1. The van der Waals surface area contributed by atoms with Gasteiger partial charge in [0.2, 0.25) is 0 Å². The molecule has 1 N–H and O–H groups in total. The van der Waals surface area contributed by atoms with Crippen LogP contribution in [0.25, 0.3) is 0 Å². The fraction of sp³-hybridized carbons (Fsp3) is 0.625. The van der Waals surface area contributed by atoms with Gasteiger partial charge in [-0.2, -0.15) is 0 Å². The molecule has 2 fully saturated rings. The molecule has 0 amide bonds. The van der Waals surface area contributed by atoms with E-state index < -0.39 is 0 Å². The first kappa shape index (κ1) is 14.3. The first-order valence-electron chi connectivity index (χ1n) is 7.78. The molecule has 5 nitrogen and oxygen atoms in total. The van der Waals surface area contributed by atoms with E-state index in [2.05, 4.69) is 17.3 Å². The second kappa shape index (κ2) is 5.64. The molecular formula is C16H23N3O2. The minimum absolute atomic E-state index is 0.202. The summed E-state index contributed by atoms with van der Waals surface area (Å²) in [6.45, 7) is 1.83. The molecule has 1 aromatic rings. The molecule has 114 valence electrons. The number of piperidine rings is 2. The van der Waals surface area contributed by atoms with Gasteiger partial charge in [0, 0.05) is 35.4 Å². The summed E-state index contributed by atoms with van der Waals surface area (Å²) in [5.74, 6) is 0.